The van der Waals surface area contributed by atoms with Gasteiger partial charge in [-0.15, -0.1) is 0 Å². The number of benzene rings is 1. The summed E-state index contributed by atoms with van der Waals surface area (Å²) >= 11 is 0. The van der Waals surface area contributed by atoms with Crippen molar-refractivity contribution in [1.82, 2.24) is 20.9 Å². The zero-order chi connectivity index (χ0) is 25.5. The standard InChI is InChI=1S/C29H35N5O2/c1-6-24-14-22-13-21(7-8-26(22)19(2)3)27-17-33-29(34-18-30-5)28(27)20(4)32-16-23-15-25(9-10-31-23)36-12-11-35-24/h6-10,13-15,17,19,30,32H,1,11-12,16,18H2,2-5H3,(H,33,34)/b24-14+,28-20+. The van der Waals surface area contributed by atoms with Crippen molar-refractivity contribution in [3.05, 3.63) is 94.8 Å². The molecule has 4 bridgehead atoms. The molecular formula is C29H35N5O2. The van der Waals surface area contributed by atoms with Gasteiger partial charge in [0.1, 0.15) is 30.6 Å². The molecule has 0 fully saturated rings. The normalized spacial score (nSPS) is 20.6. The fourth-order valence-electron chi connectivity index (χ4n) is 4.28. The molecule has 0 spiro atoms. The summed E-state index contributed by atoms with van der Waals surface area (Å²) in [6, 6.07) is 10.4. The van der Waals surface area contributed by atoms with Crippen molar-refractivity contribution < 1.29 is 9.47 Å². The van der Waals surface area contributed by atoms with Gasteiger partial charge in [-0.05, 0) is 60.9 Å². The SMILES string of the molecule is C=C/C1=C\c2cc(ccc2C(C)C)C2=CNC(=N/CNC)/C2=C(\C)NCc2cc(ccn2)OCCO1. The summed E-state index contributed by atoms with van der Waals surface area (Å²) < 4.78 is 11.9. The van der Waals surface area contributed by atoms with Gasteiger partial charge in [0.05, 0.1) is 18.9 Å². The van der Waals surface area contributed by atoms with Gasteiger partial charge in [-0.3, -0.25) is 9.98 Å². The monoisotopic (exact) mass is 485 g/mol. The van der Waals surface area contributed by atoms with Crippen molar-refractivity contribution in [3.63, 3.8) is 0 Å². The number of ether oxygens (including phenoxy) is 2. The molecule has 1 aromatic heterocycles. The third kappa shape index (κ3) is 5.86. The lowest BCUT2D eigenvalue weighted by atomic mass is 9.90. The molecule has 4 rings (SSSR count). The van der Waals surface area contributed by atoms with Crippen molar-refractivity contribution in [2.75, 3.05) is 26.9 Å². The van der Waals surface area contributed by atoms with E-state index >= 15 is 0 Å². The highest BCUT2D eigenvalue weighted by Crippen LogP contribution is 2.33. The Hall–Kier alpha value is -3.84. The topological polar surface area (TPSA) is 79.8 Å². The summed E-state index contributed by atoms with van der Waals surface area (Å²) in [5.74, 6) is 2.65. The summed E-state index contributed by atoms with van der Waals surface area (Å²) in [6.45, 7) is 12.3. The van der Waals surface area contributed by atoms with Crippen LogP contribution in [0.3, 0.4) is 0 Å². The van der Waals surface area contributed by atoms with Crippen molar-refractivity contribution in [3.8, 4) is 5.75 Å². The minimum atomic E-state index is 0.356. The van der Waals surface area contributed by atoms with Gasteiger partial charge in [0.25, 0.3) is 0 Å². The number of fused-ring (bicyclic) bond motifs is 6. The van der Waals surface area contributed by atoms with Crippen LogP contribution in [0.2, 0.25) is 0 Å². The number of amidine groups is 1. The van der Waals surface area contributed by atoms with Gasteiger partial charge in [-0.25, -0.2) is 0 Å². The fraction of sp³-hybridized carbons (Fsp3) is 0.310. The van der Waals surface area contributed by atoms with Crippen LogP contribution in [0.5, 0.6) is 5.75 Å². The summed E-state index contributed by atoms with van der Waals surface area (Å²) in [4.78, 5) is 9.22. The Morgan fingerprint density at radius 2 is 2.03 bits per heavy atom. The van der Waals surface area contributed by atoms with E-state index in [2.05, 4.69) is 72.6 Å². The summed E-state index contributed by atoms with van der Waals surface area (Å²) in [7, 11) is 1.89. The first-order valence-electron chi connectivity index (χ1n) is 12.3. The second-order valence-corrected chi connectivity index (χ2v) is 9.00. The molecule has 0 saturated carbocycles. The van der Waals surface area contributed by atoms with E-state index in [4.69, 9.17) is 14.5 Å². The Kier molecular flexibility index (Phi) is 8.23. The van der Waals surface area contributed by atoms with Crippen LogP contribution in [0.1, 0.15) is 49.1 Å². The van der Waals surface area contributed by atoms with Crippen LogP contribution in [-0.2, 0) is 11.3 Å². The van der Waals surface area contributed by atoms with Gasteiger partial charge >= 0.3 is 0 Å². The first-order valence-corrected chi connectivity index (χ1v) is 12.3. The first-order chi connectivity index (χ1) is 17.5. The molecule has 0 atom stereocenters. The molecule has 2 aliphatic heterocycles. The minimum Gasteiger partial charge on any atom is -0.490 e. The molecule has 2 aliphatic rings. The lowest BCUT2D eigenvalue weighted by Gasteiger charge is -2.16. The van der Waals surface area contributed by atoms with Crippen LogP contribution in [0, 0.1) is 0 Å². The van der Waals surface area contributed by atoms with Crippen LogP contribution in [0.4, 0.5) is 0 Å². The lowest BCUT2D eigenvalue weighted by Crippen LogP contribution is -2.22. The van der Waals surface area contributed by atoms with Crippen LogP contribution >= 0.6 is 0 Å². The number of allylic oxidation sites excluding steroid dienone is 2. The Morgan fingerprint density at radius 1 is 1.19 bits per heavy atom. The van der Waals surface area contributed by atoms with Gasteiger partial charge in [0.2, 0.25) is 0 Å². The van der Waals surface area contributed by atoms with Crippen LogP contribution in [0.15, 0.2) is 77.4 Å². The van der Waals surface area contributed by atoms with Crippen molar-refractivity contribution in [1.29, 1.82) is 0 Å². The van der Waals surface area contributed by atoms with E-state index in [1.165, 1.54) is 5.56 Å². The Labute approximate surface area is 213 Å². The predicted octanol–water partition coefficient (Wildman–Crippen LogP) is 4.72. The largest absolute Gasteiger partial charge is 0.490 e. The highest BCUT2D eigenvalue weighted by Gasteiger charge is 2.23. The van der Waals surface area contributed by atoms with Gasteiger partial charge < -0.3 is 25.4 Å². The molecular weight excluding hydrogens is 450 g/mol. The Balaban J connectivity index is 1.84. The van der Waals surface area contributed by atoms with Gasteiger partial charge in [-0.1, -0.05) is 32.6 Å². The van der Waals surface area contributed by atoms with E-state index < -0.39 is 0 Å². The number of aliphatic imine (C=N–C) groups is 1. The summed E-state index contributed by atoms with van der Waals surface area (Å²) in [5, 5.41) is 10.0. The molecule has 1 aromatic carbocycles. The summed E-state index contributed by atoms with van der Waals surface area (Å²) in [5.41, 5.74) is 7.46. The average molecular weight is 486 g/mol. The molecule has 3 N–H and O–H groups in total. The molecule has 36 heavy (non-hydrogen) atoms. The van der Waals surface area contributed by atoms with Gasteiger partial charge in [-0.2, -0.15) is 0 Å². The zero-order valence-corrected chi connectivity index (χ0v) is 21.5. The Bertz CT molecular complexity index is 1240. The number of pyridine rings is 1. The van der Waals surface area contributed by atoms with Crippen LogP contribution < -0.4 is 20.7 Å². The third-order valence-electron chi connectivity index (χ3n) is 6.09. The molecule has 2 aromatic rings. The van der Waals surface area contributed by atoms with Crippen molar-refractivity contribution in [2.45, 2.75) is 33.2 Å². The van der Waals surface area contributed by atoms with E-state index in [1.54, 1.807) is 12.3 Å². The second-order valence-electron chi connectivity index (χ2n) is 9.00. The second kappa shape index (κ2) is 11.7. The van der Waals surface area contributed by atoms with Gasteiger partial charge in [0.15, 0.2) is 0 Å². The molecule has 0 radical (unpaired) electrons. The third-order valence-corrected chi connectivity index (χ3v) is 6.09. The first kappa shape index (κ1) is 25.3. The molecule has 7 nitrogen and oxygen atoms in total. The number of nitrogens with one attached hydrogen (secondary N) is 3. The van der Waals surface area contributed by atoms with Crippen LogP contribution in [-0.4, -0.2) is 37.7 Å². The number of hydrogen-bond acceptors (Lipinski definition) is 6. The van der Waals surface area contributed by atoms with E-state index in [0.717, 1.165) is 45.2 Å². The predicted molar refractivity (Wildman–Crippen MR) is 146 cm³/mol. The number of hydrogen-bond donors (Lipinski definition) is 3. The smallest absolute Gasteiger partial charge is 0.136 e. The maximum Gasteiger partial charge on any atom is 0.136 e. The highest BCUT2D eigenvalue weighted by atomic mass is 16.5. The summed E-state index contributed by atoms with van der Waals surface area (Å²) in [6.07, 6.45) is 7.59. The quantitative estimate of drug-likeness (QED) is 0.581. The average Bonchev–Trinajstić information content (AvgIpc) is 3.31. The fourth-order valence-corrected chi connectivity index (χ4v) is 4.28. The van der Waals surface area contributed by atoms with Crippen molar-refractivity contribution >= 4 is 17.5 Å². The molecule has 0 amide bonds. The molecule has 0 aliphatic carbocycles. The molecule has 7 heteroatoms. The zero-order valence-electron chi connectivity index (χ0n) is 21.5. The maximum atomic E-state index is 6.01. The molecule has 0 saturated heterocycles. The highest BCUT2D eigenvalue weighted by molar-refractivity contribution is 6.17. The Morgan fingerprint density at radius 3 is 2.81 bits per heavy atom. The maximum absolute atomic E-state index is 6.01. The lowest BCUT2D eigenvalue weighted by molar-refractivity contribution is 0.165. The molecule has 0 unspecified atom stereocenters. The van der Waals surface area contributed by atoms with Gasteiger partial charge in [0, 0.05) is 35.3 Å². The van der Waals surface area contributed by atoms with Crippen LogP contribution in [0.25, 0.3) is 11.6 Å². The number of aromatic nitrogens is 1. The van der Waals surface area contributed by atoms with E-state index in [9.17, 15) is 0 Å². The van der Waals surface area contributed by atoms with Crippen molar-refractivity contribution in [2.24, 2.45) is 4.99 Å². The van der Waals surface area contributed by atoms with E-state index in [1.807, 2.05) is 25.4 Å². The molecule has 188 valence electrons. The minimum absolute atomic E-state index is 0.356. The van der Waals surface area contributed by atoms with E-state index in [-0.39, 0.29) is 0 Å². The molecule has 3 heterocycles. The van der Waals surface area contributed by atoms with E-state index in [0.29, 0.717) is 38.1 Å². The number of rotatable bonds is 4. The number of nitrogens with zero attached hydrogens (tertiary/aromatic N) is 2.